The third kappa shape index (κ3) is 6.40. The van der Waals surface area contributed by atoms with Crippen molar-refractivity contribution in [2.24, 2.45) is 0 Å². The van der Waals surface area contributed by atoms with Crippen molar-refractivity contribution in [2.75, 3.05) is 32.6 Å². The summed E-state index contributed by atoms with van der Waals surface area (Å²) in [5, 5.41) is 10.3. The Kier molecular flexibility index (Phi) is 7.57. The number of nitrogens with zero attached hydrogens (tertiary/aromatic N) is 7. The van der Waals surface area contributed by atoms with Gasteiger partial charge < -0.3 is 15.0 Å². The summed E-state index contributed by atoms with van der Waals surface area (Å²) < 4.78 is 85.2. The molecule has 38 heavy (non-hydrogen) atoms. The lowest BCUT2D eigenvalue weighted by Crippen LogP contribution is -2.16. The van der Waals surface area contributed by atoms with Gasteiger partial charge in [-0.1, -0.05) is 0 Å². The van der Waals surface area contributed by atoms with E-state index in [1.807, 2.05) is 19.0 Å². The smallest absolute Gasteiger partial charge is 0.418 e. The maximum atomic E-state index is 13.8. The second-order valence-electron chi connectivity index (χ2n) is 8.29. The number of rotatable bonds is 8. The van der Waals surface area contributed by atoms with Crippen LogP contribution in [0.1, 0.15) is 17.5 Å². The molecule has 9 nitrogen and oxygen atoms in total. The molecule has 4 rings (SSSR count). The van der Waals surface area contributed by atoms with E-state index in [0.717, 1.165) is 24.4 Å². The fraction of sp³-hybridized carbons (Fsp3) is 0.304. The Morgan fingerprint density at radius 1 is 0.921 bits per heavy atom. The third-order valence-corrected chi connectivity index (χ3v) is 5.12. The zero-order valence-corrected chi connectivity index (χ0v) is 20.0. The van der Waals surface area contributed by atoms with Crippen LogP contribution in [0.4, 0.5) is 37.8 Å². The highest BCUT2D eigenvalue weighted by molar-refractivity contribution is 5.87. The fourth-order valence-corrected chi connectivity index (χ4v) is 3.32. The van der Waals surface area contributed by atoms with Crippen LogP contribution in [0.3, 0.4) is 0 Å². The summed E-state index contributed by atoms with van der Waals surface area (Å²) in [4.78, 5) is 18.0. The number of hydrogen-bond donors (Lipinski definition) is 1. The van der Waals surface area contributed by atoms with Crippen LogP contribution in [0.2, 0.25) is 0 Å². The van der Waals surface area contributed by atoms with Gasteiger partial charge >= 0.3 is 12.4 Å². The number of aromatic nitrogens is 6. The molecule has 0 aliphatic heterocycles. The van der Waals surface area contributed by atoms with Gasteiger partial charge in [-0.2, -0.15) is 26.3 Å². The topological polar surface area (TPSA) is 102 Å². The van der Waals surface area contributed by atoms with Gasteiger partial charge in [-0.25, -0.2) is 19.9 Å². The van der Waals surface area contributed by atoms with E-state index in [1.165, 1.54) is 12.3 Å². The Morgan fingerprint density at radius 2 is 1.71 bits per heavy atom. The Balaban J connectivity index is 1.62. The van der Waals surface area contributed by atoms with Gasteiger partial charge in [0, 0.05) is 25.0 Å². The van der Waals surface area contributed by atoms with E-state index in [-0.39, 0.29) is 40.8 Å². The highest BCUT2D eigenvalue weighted by Crippen LogP contribution is 2.37. The third-order valence-electron chi connectivity index (χ3n) is 5.12. The van der Waals surface area contributed by atoms with Gasteiger partial charge in [0.05, 0.1) is 29.6 Å². The Bertz CT molecular complexity index is 1410. The predicted molar refractivity (Wildman–Crippen MR) is 125 cm³/mol. The lowest BCUT2D eigenvalue weighted by molar-refractivity contribution is -0.138. The van der Waals surface area contributed by atoms with Crippen LogP contribution in [0.15, 0.2) is 42.9 Å². The van der Waals surface area contributed by atoms with Crippen LogP contribution < -0.4 is 10.1 Å². The highest BCUT2D eigenvalue weighted by Gasteiger charge is 2.36. The zero-order chi connectivity index (χ0) is 27.5. The molecule has 0 bridgehead atoms. The first-order valence-corrected chi connectivity index (χ1v) is 11.1. The first-order chi connectivity index (χ1) is 17.9. The largest absolute Gasteiger partial charge is 0.477 e. The number of nitrogens with one attached hydrogen (secondary N) is 1. The molecule has 0 radical (unpaired) electrons. The highest BCUT2D eigenvalue weighted by atomic mass is 19.4. The van der Waals surface area contributed by atoms with Gasteiger partial charge in [0.15, 0.2) is 5.65 Å². The van der Waals surface area contributed by atoms with Crippen molar-refractivity contribution in [3.05, 3.63) is 54.0 Å². The summed E-state index contributed by atoms with van der Waals surface area (Å²) in [6.07, 6.45) is -5.68. The second-order valence-corrected chi connectivity index (χ2v) is 8.29. The maximum absolute atomic E-state index is 13.8. The number of hydrogen-bond acceptors (Lipinski definition) is 9. The summed E-state index contributed by atoms with van der Waals surface area (Å²) in [6.45, 7) is 0.843. The number of alkyl halides is 6. The standard InChI is InChI=1S/C23H20F6N8O/c1-37(2)8-3-9-38-18-10-14(23(27,28)29)19(36-35-18)16-12-32-20-15(6-7-30-21(20)34-16)33-17-5-4-13(11-31-17)22(24,25)26/h4-7,10-12H,3,8-9H2,1-2H3,(H,30,31,33,34). The van der Waals surface area contributed by atoms with E-state index in [9.17, 15) is 26.3 Å². The quantitative estimate of drug-likeness (QED) is 0.246. The van der Waals surface area contributed by atoms with E-state index in [2.05, 4.69) is 35.5 Å². The minimum Gasteiger partial charge on any atom is -0.477 e. The molecule has 0 aromatic carbocycles. The number of ether oxygens (including phenoxy) is 1. The molecule has 0 saturated carbocycles. The van der Waals surface area contributed by atoms with E-state index in [1.54, 1.807) is 0 Å². The lowest BCUT2D eigenvalue weighted by Gasteiger charge is -2.14. The van der Waals surface area contributed by atoms with E-state index in [4.69, 9.17) is 4.74 Å². The average molecular weight is 538 g/mol. The Hall–Kier alpha value is -4.14. The summed E-state index contributed by atoms with van der Waals surface area (Å²) in [6, 6.07) is 4.21. The summed E-state index contributed by atoms with van der Waals surface area (Å²) in [5.74, 6) is -0.190. The van der Waals surface area contributed by atoms with Crippen molar-refractivity contribution in [1.82, 2.24) is 35.0 Å². The van der Waals surface area contributed by atoms with Gasteiger partial charge in [0.25, 0.3) is 0 Å². The van der Waals surface area contributed by atoms with Gasteiger partial charge in [0.2, 0.25) is 5.88 Å². The maximum Gasteiger partial charge on any atom is 0.418 e. The molecule has 4 aromatic rings. The molecule has 0 spiro atoms. The molecule has 0 unspecified atom stereocenters. The van der Waals surface area contributed by atoms with Crippen molar-refractivity contribution in [2.45, 2.75) is 18.8 Å². The molecule has 1 N–H and O–H groups in total. The van der Waals surface area contributed by atoms with Gasteiger partial charge in [-0.15, -0.1) is 10.2 Å². The van der Waals surface area contributed by atoms with Crippen molar-refractivity contribution >= 4 is 22.7 Å². The summed E-state index contributed by atoms with van der Waals surface area (Å²) >= 11 is 0. The molecular formula is C23H20F6N8O. The zero-order valence-electron chi connectivity index (χ0n) is 20.0. The molecule has 200 valence electrons. The second kappa shape index (κ2) is 10.7. The normalized spacial score (nSPS) is 12.2. The van der Waals surface area contributed by atoms with E-state index < -0.39 is 29.2 Å². The van der Waals surface area contributed by atoms with E-state index in [0.29, 0.717) is 19.2 Å². The Morgan fingerprint density at radius 3 is 2.37 bits per heavy atom. The first-order valence-electron chi connectivity index (χ1n) is 11.1. The molecule has 0 aliphatic carbocycles. The van der Waals surface area contributed by atoms with Crippen LogP contribution in [-0.4, -0.2) is 62.3 Å². The van der Waals surface area contributed by atoms with Crippen LogP contribution >= 0.6 is 0 Å². The van der Waals surface area contributed by atoms with Crippen LogP contribution in [-0.2, 0) is 12.4 Å². The summed E-state index contributed by atoms with van der Waals surface area (Å²) in [5.41, 5.74) is -2.40. The minimum atomic E-state index is -4.78. The molecule has 0 amide bonds. The monoisotopic (exact) mass is 538 g/mol. The number of halogens is 6. The molecule has 0 aliphatic rings. The van der Waals surface area contributed by atoms with Crippen LogP contribution in [0, 0.1) is 0 Å². The molecule has 0 fully saturated rings. The van der Waals surface area contributed by atoms with Gasteiger partial charge in [-0.3, -0.25) is 0 Å². The first kappa shape index (κ1) is 26.9. The van der Waals surface area contributed by atoms with Gasteiger partial charge in [-0.05, 0) is 38.7 Å². The van der Waals surface area contributed by atoms with E-state index >= 15 is 0 Å². The SMILES string of the molecule is CN(C)CCCOc1cc(C(F)(F)F)c(-c2cnc3c(Nc4ccc(C(F)(F)F)cn4)ccnc3n2)nn1. The predicted octanol–water partition coefficient (Wildman–Crippen LogP) is 4.99. The van der Waals surface area contributed by atoms with Crippen molar-refractivity contribution in [3.8, 4) is 17.3 Å². The average Bonchev–Trinajstić information content (AvgIpc) is 2.85. The molecule has 0 atom stereocenters. The molecule has 4 heterocycles. The molecule has 4 aromatic heterocycles. The molecule has 15 heteroatoms. The molecular weight excluding hydrogens is 518 g/mol. The Labute approximate surface area is 211 Å². The summed E-state index contributed by atoms with van der Waals surface area (Å²) in [7, 11) is 3.72. The van der Waals surface area contributed by atoms with Gasteiger partial charge in [0.1, 0.15) is 22.7 Å². The van der Waals surface area contributed by atoms with Crippen LogP contribution in [0.25, 0.3) is 22.6 Å². The number of fused-ring (bicyclic) bond motifs is 1. The molecule has 0 saturated heterocycles. The van der Waals surface area contributed by atoms with Crippen molar-refractivity contribution in [1.29, 1.82) is 0 Å². The van der Waals surface area contributed by atoms with Crippen molar-refractivity contribution in [3.63, 3.8) is 0 Å². The minimum absolute atomic E-state index is 0.0293. The van der Waals surface area contributed by atoms with Crippen LogP contribution in [0.5, 0.6) is 5.88 Å². The lowest BCUT2D eigenvalue weighted by atomic mass is 10.1. The fourth-order valence-electron chi connectivity index (χ4n) is 3.32. The number of pyridine rings is 2. The number of anilines is 2. The van der Waals surface area contributed by atoms with Crippen molar-refractivity contribution < 1.29 is 31.1 Å².